The van der Waals surface area contributed by atoms with Gasteiger partial charge in [-0.2, -0.15) is 13.2 Å². The quantitative estimate of drug-likeness (QED) is 0.411. The number of aryl methyl sites for hydroxylation is 1. The lowest BCUT2D eigenvalue weighted by Gasteiger charge is -2.29. The van der Waals surface area contributed by atoms with Gasteiger partial charge in [-0.05, 0) is 69.1 Å². The third kappa shape index (κ3) is 6.33. The summed E-state index contributed by atoms with van der Waals surface area (Å²) in [6.07, 6.45) is 0.596. The van der Waals surface area contributed by atoms with Crippen molar-refractivity contribution < 1.29 is 23.1 Å². The highest BCUT2D eigenvalue weighted by Gasteiger charge is 2.37. The third-order valence-electron chi connectivity index (χ3n) is 6.37. The van der Waals surface area contributed by atoms with Gasteiger partial charge in [0.25, 0.3) is 0 Å². The second kappa shape index (κ2) is 9.16. The number of rotatable bonds is 10. The first kappa shape index (κ1) is 24.7. The van der Waals surface area contributed by atoms with Gasteiger partial charge in [-0.3, -0.25) is 4.79 Å². The number of carbonyl (C=O) groups excluding carboxylic acids is 1. The summed E-state index contributed by atoms with van der Waals surface area (Å²) in [5.41, 5.74) is 0.804. The normalized spacial score (nSPS) is 15.9. The van der Waals surface area contributed by atoms with Crippen molar-refractivity contribution in [3.05, 3.63) is 29.6 Å². The monoisotopic (exact) mass is 452 g/mol. The number of nitrogens with zero attached hydrogens (tertiary/aromatic N) is 2. The van der Waals surface area contributed by atoms with E-state index in [0.717, 1.165) is 48.1 Å². The molecule has 0 saturated heterocycles. The van der Waals surface area contributed by atoms with E-state index in [1.54, 1.807) is 13.8 Å². The van der Waals surface area contributed by atoms with Crippen LogP contribution in [0.15, 0.2) is 18.2 Å². The largest absolute Gasteiger partial charge is 0.389 e. The number of fused-ring (bicyclic) bond motifs is 1. The van der Waals surface area contributed by atoms with E-state index in [0.29, 0.717) is 18.9 Å². The Labute approximate surface area is 188 Å². The van der Waals surface area contributed by atoms with E-state index in [1.807, 2.05) is 18.2 Å². The minimum absolute atomic E-state index is 0.0488. The van der Waals surface area contributed by atoms with Crippen LogP contribution in [0.2, 0.25) is 0 Å². The minimum atomic E-state index is -4.25. The Bertz CT molecular complexity index is 950. The van der Waals surface area contributed by atoms with Crippen LogP contribution in [0.3, 0.4) is 0 Å². The van der Waals surface area contributed by atoms with Gasteiger partial charge >= 0.3 is 6.18 Å². The molecule has 3 rings (SSSR count). The number of alkyl halides is 3. The van der Waals surface area contributed by atoms with Crippen LogP contribution in [0, 0.1) is 5.41 Å². The molecule has 0 radical (unpaired) electrons. The predicted octanol–water partition coefficient (Wildman–Crippen LogP) is 6.64. The number of imidazole rings is 1. The molecule has 0 bridgehead atoms. The fourth-order valence-electron chi connectivity index (χ4n) is 4.58. The lowest BCUT2D eigenvalue weighted by atomic mass is 9.83. The van der Waals surface area contributed by atoms with Gasteiger partial charge in [-0.15, -0.1) is 0 Å². The molecule has 1 N–H and O–H groups in total. The average molecular weight is 453 g/mol. The summed E-state index contributed by atoms with van der Waals surface area (Å²) < 4.78 is 40.3. The Balaban J connectivity index is 1.63. The van der Waals surface area contributed by atoms with E-state index in [1.165, 1.54) is 20.3 Å². The molecule has 32 heavy (non-hydrogen) atoms. The zero-order chi connectivity index (χ0) is 23.7. The van der Waals surface area contributed by atoms with Crippen molar-refractivity contribution in [3.8, 4) is 0 Å². The van der Waals surface area contributed by atoms with Crippen LogP contribution in [0.4, 0.5) is 13.2 Å². The molecular weight excluding hydrogens is 417 g/mol. The minimum Gasteiger partial charge on any atom is -0.386 e. The van der Waals surface area contributed by atoms with Crippen molar-refractivity contribution in [1.29, 1.82) is 0 Å². The summed E-state index contributed by atoms with van der Waals surface area (Å²) in [5, 5.41) is 10.4. The number of benzene rings is 1. The molecule has 0 amide bonds. The maximum absolute atomic E-state index is 12.7. The number of aromatic nitrogens is 2. The smallest absolute Gasteiger partial charge is 0.386 e. The van der Waals surface area contributed by atoms with E-state index in [-0.39, 0.29) is 12.2 Å². The molecule has 0 atom stereocenters. The highest BCUT2D eigenvalue weighted by Crippen LogP contribution is 2.38. The molecular formula is C25H35F3N2O2. The first-order chi connectivity index (χ1) is 14.8. The van der Waals surface area contributed by atoms with Crippen LogP contribution < -0.4 is 0 Å². The zero-order valence-electron chi connectivity index (χ0n) is 19.6. The van der Waals surface area contributed by atoms with Gasteiger partial charge in [0.15, 0.2) is 0 Å². The first-order valence-electron chi connectivity index (χ1n) is 11.6. The van der Waals surface area contributed by atoms with Gasteiger partial charge < -0.3 is 9.67 Å². The van der Waals surface area contributed by atoms with Gasteiger partial charge in [-0.1, -0.05) is 19.9 Å². The van der Waals surface area contributed by atoms with Gasteiger partial charge in [0.2, 0.25) is 0 Å². The summed E-state index contributed by atoms with van der Waals surface area (Å²) in [4.78, 5) is 17.1. The maximum atomic E-state index is 12.7. The molecule has 1 aliphatic carbocycles. The number of hydrogen-bond donors (Lipinski definition) is 1. The topological polar surface area (TPSA) is 55.1 Å². The Morgan fingerprint density at radius 3 is 2.41 bits per heavy atom. The number of hydrogen-bond acceptors (Lipinski definition) is 3. The van der Waals surface area contributed by atoms with Crippen LogP contribution in [-0.2, 0) is 16.8 Å². The summed E-state index contributed by atoms with van der Waals surface area (Å²) in [5.74, 6) is 0.879. The number of unbranched alkanes of at least 4 members (excludes halogenated alkanes) is 1. The van der Waals surface area contributed by atoms with E-state index in [9.17, 15) is 23.1 Å². The molecule has 7 heteroatoms. The number of ketones is 1. The Morgan fingerprint density at radius 2 is 1.84 bits per heavy atom. The first-order valence-corrected chi connectivity index (χ1v) is 11.6. The summed E-state index contributed by atoms with van der Waals surface area (Å²) in [7, 11) is 0. The van der Waals surface area contributed by atoms with Crippen molar-refractivity contribution in [3.63, 3.8) is 0 Å². The van der Waals surface area contributed by atoms with Gasteiger partial charge in [0.1, 0.15) is 11.6 Å². The molecule has 1 fully saturated rings. The number of aliphatic hydroxyl groups is 1. The lowest BCUT2D eigenvalue weighted by Crippen LogP contribution is -2.25. The standard InChI is InChI=1S/C25H35F3N2O2/c1-23(2,16-25(26,27)28)15-19(31)10-5-6-11-22-29-20-13-12-17(24(3,4)32)14-21(20)30(22)18-8-7-9-18/h12-14,18,32H,5-11,15-16H2,1-4H3. The summed E-state index contributed by atoms with van der Waals surface area (Å²) >= 11 is 0. The number of Topliss-reactive ketones (excluding diaryl/α,β-unsaturated/α-hetero) is 1. The fraction of sp³-hybridized carbons (Fsp3) is 0.680. The van der Waals surface area contributed by atoms with E-state index in [4.69, 9.17) is 4.98 Å². The molecule has 1 aromatic carbocycles. The Hall–Kier alpha value is -1.89. The van der Waals surface area contributed by atoms with Crippen molar-refractivity contribution in [2.75, 3.05) is 0 Å². The SMILES string of the molecule is CC(C)(CC(=O)CCCCc1nc2ccc(C(C)(C)O)cc2n1C1CCC1)CC(F)(F)F. The summed E-state index contributed by atoms with van der Waals surface area (Å²) in [6, 6.07) is 6.30. The molecule has 4 nitrogen and oxygen atoms in total. The summed E-state index contributed by atoms with van der Waals surface area (Å²) in [6.45, 7) is 6.54. The molecule has 0 unspecified atom stereocenters. The van der Waals surface area contributed by atoms with Crippen LogP contribution in [0.1, 0.15) is 96.5 Å². The molecule has 1 saturated carbocycles. The van der Waals surface area contributed by atoms with E-state index >= 15 is 0 Å². The van der Waals surface area contributed by atoms with E-state index < -0.39 is 23.6 Å². The van der Waals surface area contributed by atoms with Crippen molar-refractivity contribution in [2.24, 2.45) is 5.41 Å². The van der Waals surface area contributed by atoms with Gasteiger partial charge in [0.05, 0.1) is 16.6 Å². The van der Waals surface area contributed by atoms with Crippen molar-refractivity contribution in [1.82, 2.24) is 9.55 Å². The van der Waals surface area contributed by atoms with E-state index in [2.05, 4.69) is 4.57 Å². The highest BCUT2D eigenvalue weighted by atomic mass is 19.4. The number of halogens is 3. The van der Waals surface area contributed by atoms with Crippen LogP contribution in [0.25, 0.3) is 11.0 Å². The third-order valence-corrected chi connectivity index (χ3v) is 6.37. The van der Waals surface area contributed by atoms with Gasteiger partial charge in [-0.25, -0.2) is 4.98 Å². The van der Waals surface area contributed by atoms with Gasteiger partial charge in [0, 0.05) is 31.7 Å². The molecule has 1 aromatic heterocycles. The van der Waals surface area contributed by atoms with Crippen molar-refractivity contribution in [2.45, 2.75) is 103 Å². The Kier molecular flexibility index (Phi) is 7.08. The molecule has 1 heterocycles. The van der Waals surface area contributed by atoms with Crippen LogP contribution >= 0.6 is 0 Å². The zero-order valence-corrected chi connectivity index (χ0v) is 19.6. The van der Waals surface area contributed by atoms with Crippen LogP contribution in [0.5, 0.6) is 0 Å². The fourth-order valence-corrected chi connectivity index (χ4v) is 4.58. The average Bonchev–Trinajstić information content (AvgIpc) is 2.91. The molecule has 178 valence electrons. The maximum Gasteiger partial charge on any atom is 0.389 e. The predicted molar refractivity (Wildman–Crippen MR) is 119 cm³/mol. The molecule has 0 aliphatic heterocycles. The van der Waals surface area contributed by atoms with Crippen LogP contribution in [-0.4, -0.2) is 26.6 Å². The highest BCUT2D eigenvalue weighted by molar-refractivity contribution is 5.79. The lowest BCUT2D eigenvalue weighted by molar-refractivity contribution is -0.156. The second-order valence-electron chi connectivity index (χ2n) is 10.6. The molecule has 0 spiro atoms. The Morgan fingerprint density at radius 1 is 1.16 bits per heavy atom. The van der Waals surface area contributed by atoms with Crippen molar-refractivity contribution >= 4 is 16.8 Å². The number of carbonyl (C=O) groups is 1. The molecule has 2 aromatic rings. The second-order valence-corrected chi connectivity index (χ2v) is 10.6. The molecule has 1 aliphatic rings.